The molecule has 5 heteroatoms. The lowest BCUT2D eigenvalue weighted by Gasteiger charge is -2.28. The number of aryl methyl sites for hydroxylation is 1. The minimum Gasteiger partial charge on any atom is -0.381 e. The van der Waals surface area contributed by atoms with Crippen molar-refractivity contribution in [3.8, 4) is 0 Å². The molecule has 0 amide bonds. The van der Waals surface area contributed by atoms with Crippen molar-refractivity contribution in [2.24, 2.45) is 0 Å². The van der Waals surface area contributed by atoms with Gasteiger partial charge in [-0.25, -0.2) is 0 Å². The van der Waals surface area contributed by atoms with Gasteiger partial charge < -0.3 is 14.6 Å². The summed E-state index contributed by atoms with van der Waals surface area (Å²) < 4.78 is 7.50. The fraction of sp³-hybridized carbons (Fsp3) is 0.833. The first kappa shape index (κ1) is 12.5. The van der Waals surface area contributed by atoms with Gasteiger partial charge in [0, 0.05) is 19.7 Å². The number of nitrogens with one attached hydrogen (secondary N) is 1. The molecule has 17 heavy (non-hydrogen) atoms. The van der Waals surface area contributed by atoms with Gasteiger partial charge in [-0.15, -0.1) is 10.2 Å². The second-order valence-corrected chi connectivity index (χ2v) is 4.64. The maximum atomic E-state index is 5.43. The molecule has 1 saturated carbocycles. The molecule has 0 spiro atoms. The summed E-state index contributed by atoms with van der Waals surface area (Å²) >= 11 is 0. The topological polar surface area (TPSA) is 52.0 Å². The fourth-order valence-electron chi connectivity index (χ4n) is 2.46. The first-order chi connectivity index (χ1) is 8.33. The van der Waals surface area contributed by atoms with Gasteiger partial charge in [-0.3, -0.25) is 0 Å². The predicted octanol–water partition coefficient (Wildman–Crippen LogP) is 1.35. The molecule has 5 nitrogen and oxygen atoms in total. The largest absolute Gasteiger partial charge is 0.381 e. The van der Waals surface area contributed by atoms with Gasteiger partial charge in [-0.1, -0.05) is 0 Å². The van der Waals surface area contributed by atoms with E-state index in [9.17, 15) is 0 Å². The third-order valence-electron chi connectivity index (χ3n) is 3.54. The van der Waals surface area contributed by atoms with Gasteiger partial charge in [0.15, 0.2) is 0 Å². The highest BCUT2D eigenvalue weighted by Crippen LogP contribution is 2.20. The van der Waals surface area contributed by atoms with E-state index in [0.717, 1.165) is 25.3 Å². The van der Waals surface area contributed by atoms with Crippen LogP contribution in [-0.4, -0.2) is 34.0 Å². The summed E-state index contributed by atoms with van der Waals surface area (Å²) in [5.41, 5.74) is 0. The molecule has 1 aliphatic carbocycles. The van der Waals surface area contributed by atoms with Crippen LogP contribution in [0.3, 0.4) is 0 Å². The molecule has 1 aromatic rings. The molecular formula is C12H22N4O. The quantitative estimate of drug-likeness (QED) is 0.841. The molecule has 0 radical (unpaired) electrons. The van der Waals surface area contributed by atoms with Crippen molar-refractivity contribution < 1.29 is 4.74 Å². The van der Waals surface area contributed by atoms with Crippen molar-refractivity contribution in [3.05, 3.63) is 12.2 Å². The number of ether oxygens (including phenoxy) is 1. The molecule has 1 heterocycles. The Kier molecular flexibility index (Phi) is 4.50. The summed E-state index contributed by atoms with van der Waals surface area (Å²) in [5.74, 6) is 1.02. The van der Waals surface area contributed by atoms with E-state index >= 15 is 0 Å². The SMILES string of the molecule is CCn1cnnc1CNC1CCCC(OC)C1. The molecule has 2 rings (SSSR count). The monoisotopic (exact) mass is 238 g/mol. The molecule has 1 N–H and O–H groups in total. The predicted molar refractivity (Wildman–Crippen MR) is 65.6 cm³/mol. The van der Waals surface area contributed by atoms with Crippen LogP contribution in [0.4, 0.5) is 0 Å². The number of aromatic nitrogens is 3. The first-order valence-corrected chi connectivity index (χ1v) is 6.46. The van der Waals surface area contributed by atoms with E-state index in [1.54, 1.807) is 13.4 Å². The second-order valence-electron chi connectivity index (χ2n) is 4.64. The summed E-state index contributed by atoms with van der Waals surface area (Å²) in [6.45, 7) is 3.83. The fourth-order valence-corrected chi connectivity index (χ4v) is 2.46. The summed E-state index contributed by atoms with van der Waals surface area (Å²) in [4.78, 5) is 0. The first-order valence-electron chi connectivity index (χ1n) is 6.46. The Morgan fingerprint density at radius 3 is 3.18 bits per heavy atom. The highest BCUT2D eigenvalue weighted by molar-refractivity contribution is 4.87. The highest BCUT2D eigenvalue weighted by Gasteiger charge is 2.21. The van der Waals surface area contributed by atoms with E-state index in [4.69, 9.17) is 4.74 Å². The minimum absolute atomic E-state index is 0.422. The van der Waals surface area contributed by atoms with Gasteiger partial charge in [0.25, 0.3) is 0 Å². The average molecular weight is 238 g/mol. The van der Waals surface area contributed by atoms with E-state index in [1.165, 1.54) is 19.3 Å². The zero-order chi connectivity index (χ0) is 12.1. The van der Waals surface area contributed by atoms with E-state index in [-0.39, 0.29) is 0 Å². The van der Waals surface area contributed by atoms with Crippen LogP contribution in [0.15, 0.2) is 6.33 Å². The van der Waals surface area contributed by atoms with E-state index < -0.39 is 0 Å². The van der Waals surface area contributed by atoms with Crippen molar-refractivity contribution >= 4 is 0 Å². The standard InChI is InChI=1S/C12H22N4O/c1-3-16-9-14-15-12(16)8-13-10-5-4-6-11(7-10)17-2/h9-11,13H,3-8H2,1-2H3. The molecule has 1 aromatic heterocycles. The number of methoxy groups -OCH3 is 1. The lowest BCUT2D eigenvalue weighted by Crippen LogP contribution is -2.36. The van der Waals surface area contributed by atoms with Crippen LogP contribution >= 0.6 is 0 Å². The van der Waals surface area contributed by atoms with E-state index in [1.807, 2.05) is 0 Å². The zero-order valence-electron chi connectivity index (χ0n) is 10.7. The van der Waals surface area contributed by atoms with Crippen LogP contribution in [-0.2, 0) is 17.8 Å². The Balaban J connectivity index is 1.81. The van der Waals surface area contributed by atoms with Crippen LogP contribution in [0.25, 0.3) is 0 Å². The minimum atomic E-state index is 0.422. The van der Waals surface area contributed by atoms with Crippen molar-refractivity contribution in [1.29, 1.82) is 0 Å². The summed E-state index contributed by atoms with van der Waals surface area (Å²) in [6, 6.07) is 0.552. The zero-order valence-corrected chi connectivity index (χ0v) is 10.7. The third kappa shape index (κ3) is 3.26. The van der Waals surface area contributed by atoms with E-state index in [2.05, 4.69) is 27.0 Å². The van der Waals surface area contributed by atoms with Crippen LogP contribution in [0.5, 0.6) is 0 Å². The van der Waals surface area contributed by atoms with E-state index in [0.29, 0.717) is 12.1 Å². The second kappa shape index (κ2) is 6.12. The van der Waals surface area contributed by atoms with Crippen molar-refractivity contribution in [2.45, 2.75) is 57.8 Å². The smallest absolute Gasteiger partial charge is 0.146 e. The van der Waals surface area contributed by atoms with Crippen LogP contribution in [0.1, 0.15) is 38.4 Å². The molecule has 0 bridgehead atoms. The number of hydrogen-bond acceptors (Lipinski definition) is 4. The van der Waals surface area contributed by atoms with Crippen LogP contribution in [0, 0.1) is 0 Å². The van der Waals surface area contributed by atoms with Crippen molar-refractivity contribution in [1.82, 2.24) is 20.1 Å². The van der Waals surface area contributed by atoms with Crippen LogP contribution < -0.4 is 5.32 Å². The molecule has 0 aliphatic heterocycles. The summed E-state index contributed by atoms with van der Waals surface area (Å²) in [5, 5.41) is 11.6. The van der Waals surface area contributed by atoms with Gasteiger partial charge >= 0.3 is 0 Å². The van der Waals surface area contributed by atoms with Gasteiger partial charge in [0.2, 0.25) is 0 Å². The van der Waals surface area contributed by atoms with Gasteiger partial charge in [-0.2, -0.15) is 0 Å². The van der Waals surface area contributed by atoms with Crippen molar-refractivity contribution in [3.63, 3.8) is 0 Å². The number of nitrogens with zero attached hydrogens (tertiary/aromatic N) is 3. The number of hydrogen-bond donors (Lipinski definition) is 1. The number of rotatable bonds is 5. The third-order valence-corrected chi connectivity index (χ3v) is 3.54. The molecule has 0 saturated heterocycles. The van der Waals surface area contributed by atoms with Gasteiger partial charge in [-0.05, 0) is 32.6 Å². The van der Waals surface area contributed by atoms with Crippen LogP contribution in [0.2, 0.25) is 0 Å². The Morgan fingerprint density at radius 2 is 2.41 bits per heavy atom. The lowest BCUT2D eigenvalue weighted by atomic mass is 9.93. The molecular weight excluding hydrogens is 216 g/mol. The molecule has 96 valence electrons. The molecule has 0 aromatic carbocycles. The molecule has 1 aliphatic rings. The Bertz CT molecular complexity index is 339. The Labute approximate surface area is 103 Å². The molecule has 1 fully saturated rings. The average Bonchev–Trinajstić information content (AvgIpc) is 2.84. The van der Waals surface area contributed by atoms with Gasteiger partial charge in [0.1, 0.15) is 12.2 Å². The highest BCUT2D eigenvalue weighted by atomic mass is 16.5. The summed E-state index contributed by atoms with van der Waals surface area (Å²) in [7, 11) is 1.81. The lowest BCUT2D eigenvalue weighted by molar-refractivity contribution is 0.0584. The molecule has 2 unspecified atom stereocenters. The normalized spacial score (nSPS) is 25.1. The maximum Gasteiger partial charge on any atom is 0.146 e. The Morgan fingerprint density at radius 1 is 1.53 bits per heavy atom. The van der Waals surface area contributed by atoms with Crippen molar-refractivity contribution in [2.75, 3.05) is 7.11 Å². The maximum absolute atomic E-state index is 5.43. The summed E-state index contributed by atoms with van der Waals surface area (Å²) in [6.07, 6.45) is 6.99. The van der Waals surface area contributed by atoms with Gasteiger partial charge in [0.05, 0.1) is 12.6 Å². The molecule has 2 atom stereocenters. The Hall–Kier alpha value is -0.940.